The van der Waals surface area contributed by atoms with Crippen LogP contribution in [0.3, 0.4) is 0 Å². The second kappa shape index (κ2) is 6.52. The summed E-state index contributed by atoms with van der Waals surface area (Å²) in [6.45, 7) is 1.27. The van der Waals surface area contributed by atoms with E-state index in [0.29, 0.717) is 25.9 Å². The van der Waals surface area contributed by atoms with Crippen LogP contribution in [-0.2, 0) is 15.1 Å². The molecule has 0 unspecified atom stereocenters. The van der Waals surface area contributed by atoms with Crippen LogP contribution in [0.4, 0.5) is 0 Å². The summed E-state index contributed by atoms with van der Waals surface area (Å²) in [7, 11) is 3.50. The number of nitrogens with zero attached hydrogens (tertiary/aromatic N) is 2. The quantitative estimate of drug-likeness (QED) is 0.816. The van der Waals surface area contributed by atoms with Gasteiger partial charge in [0, 0.05) is 27.2 Å². The molecule has 0 aliphatic carbocycles. The van der Waals surface area contributed by atoms with E-state index in [1.807, 2.05) is 40.6 Å². The summed E-state index contributed by atoms with van der Waals surface area (Å²) in [6.07, 6.45) is 0.859. The van der Waals surface area contributed by atoms with Gasteiger partial charge in [0.05, 0.1) is 10.5 Å². The highest BCUT2D eigenvalue weighted by atomic mass is 32.1. The number of piperidine rings is 1. The van der Waals surface area contributed by atoms with Crippen LogP contribution < -0.4 is 0 Å². The van der Waals surface area contributed by atoms with Gasteiger partial charge in [0.25, 0.3) is 11.8 Å². The maximum atomic E-state index is 12.6. The molecule has 2 aliphatic heterocycles. The van der Waals surface area contributed by atoms with Crippen molar-refractivity contribution in [3.05, 3.63) is 57.8 Å². The Morgan fingerprint density at radius 2 is 1.88 bits per heavy atom. The normalized spacial score (nSPS) is 20.8. The molecule has 4 rings (SSSR count). The van der Waals surface area contributed by atoms with Crippen LogP contribution in [-0.4, -0.2) is 48.8 Å². The Morgan fingerprint density at radius 1 is 1.15 bits per heavy atom. The van der Waals surface area contributed by atoms with Crippen molar-refractivity contribution in [2.45, 2.75) is 24.5 Å². The second-order valence-electron chi connectivity index (χ2n) is 7.08. The summed E-state index contributed by atoms with van der Waals surface area (Å²) in [5.41, 5.74) is 1.59. The molecule has 2 amide bonds. The summed E-state index contributed by atoms with van der Waals surface area (Å²) in [5.74, 6) is 0.0495. The maximum absolute atomic E-state index is 12.6. The maximum Gasteiger partial charge on any atom is 0.263 e. The van der Waals surface area contributed by atoms with E-state index < -0.39 is 11.7 Å². The minimum absolute atomic E-state index is 0.0357. The summed E-state index contributed by atoms with van der Waals surface area (Å²) in [5, 5.41) is 1.92. The van der Waals surface area contributed by atoms with Crippen LogP contribution in [0.1, 0.15) is 39.7 Å². The topological polar surface area (TPSA) is 49.9 Å². The minimum Gasteiger partial charge on any atom is -0.352 e. The highest BCUT2D eigenvalue weighted by Gasteiger charge is 2.49. The smallest absolute Gasteiger partial charge is 0.263 e. The summed E-state index contributed by atoms with van der Waals surface area (Å²) in [6, 6.07) is 11.8. The number of ether oxygens (including phenoxy) is 1. The van der Waals surface area contributed by atoms with Crippen molar-refractivity contribution in [1.29, 1.82) is 0 Å². The zero-order valence-corrected chi connectivity index (χ0v) is 15.8. The number of hydrogen-bond donors (Lipinski definition) is 0. The van der Waals surface area contributed by atoms with Crippen LogP contribution >= 0.6 is 11.3 Å². The van der Waals surface area contributed by atoms with Gasteiger partial charge in [-0.05, 0) is 35.4 Å². The van der Waals surface area contributed by atoms with E-state index >= 15 is 0 Å². The zero-order valence-electron chi connectivity index (χ0n) is 15.0. The Hall–Kier alpha value is -2.18. The van der Waals surface area contributed by atoms with Gasteiger partial charge in [-0.15, -0.1) is 11.3 Å². The van der Waals surface area contributed by atoms with E-state index in [2.05, 4.69) is 6.07 Å². The number of benzene rings is 1. The number of amides is 2. The van der Waals surface area contributed by atoms with E-state index in [9.17, 15) is 9.59 Å². The van der Waals surface area contributed by atoms with E-state index in [4.69, 9.17) is 4.74 Å². The lowest BCUT2D eigenvalue weighted by atomic mass is 9.83. The fourth-order valence-corrected chi connectivity index (χ4v) is 4.62. The Balaban J connectivity index is 1.57. The van der Waals surface area contributed by atoms with Crippen LogP contribution in [0.5, 0.6) is 0 Å². The fourth-order valence-electron chi connectivity index (χ4n) is 3.93. The molecule has 1 fully saturated rings. The number of hydrogen-bond acceptors (Lipinski definition) is 4. The van der Waals surface area contributed by atoms with Crippen LogP contribution in [0.2, 0.25) is 0 Å². The molecule has 136 valence electrons. The third kappa shape index (κ3) is 2.73. The Labute approximate surface area is 157 Å². The Kier molecular flexibility index (Phi) is 4.32. The molecule has 1 spiro atoms. The molecule has 1 aromatic heterocycles. The van der Waals surface area contributed by atoms with E-state index in [0.717, 1.165) is 16.0 Å². The average Bonchev–Trinajstić information content (AvgIpc) is 3.29. The van der Waals surface area contributed by atoms with Crippen molar-refractivity contribution in [3.8, 4) is 0 Å². The molecule has 0 saturated carbocycles. The summed E-state index contributed by atoms with van der Waals surface area (Å²) < 4.78 is 6.38. The number of carbonyl (C=O) groups excluding carboxylic acids is 2. The second-order valence-corrected chi connectivity index (χ2v) is 8.03. The predicted molar refractivity (Wildman–Crippen MR) is 100 cm³/mol. The number of fused-ring (bicyclic) bond motifs is 2. The molecule has 2 aliphatic rings. The van der Waals surface area contributed by atoms with Gasteiger partial charge in [-0.2, -0.15) is 0 Å². The Bertz CT molecular complexity index is 823. The molecule has 3 heterocycles. The van der Waals surface area contributed by atoms with Gasteiger partial charge in [0.2, 0.25) is 0 Å². The number of rotatable bonds is 2. The minimum atomic E-state index is -0.555. The van der Waals surface area contributed by atoms with Crippen LogP contribution in [0.15, 0.2) is 41.8 Å². The molecule has 1 saturated heterocycles. The molecule has 0 radical (unpaired) electrons. The lowest BCUT2D eigenvalue weighted by Gasteiger charge is -2.39. The van der Waals surface area contributed by atoms with E-state index in [1.165, 1.54) is 11.3 Å². The molecule has 6 heteroatoms. The lowest BCUT2D eigenvalue weighted by Crippen LogP contribution is -2.45. The number of likely N-dealkylation sites (N-methyl/N-ethyl adjacent to an activating group) is 1. The molecule has 0 bridgehead atoms. The first-order valence-electron chi connectivity index (χ1n) is 8.83. The molecular formula is C20H22N2O3S. The largest absolute Gasteiger partial charge is 0.352 e. The van der Waals surface area contributed by atoms with Gasteiger partial charge in [-0.1, -0.05) is 30.3 Å². The van der Waals surface area contributed by atoms with Gasteiger partial charge >= 0.3 is 0 Å². The van der Waals surface area contributed by atoms with Crippen molar-refractivity contribution < 1.29 is 14.3 Å². The van der Waals surface area contributed by atoms with Crippen LogP contribution in [0.25, 0.3) is 0 Å². The lowest BCUT2D eigenvalue weighted by molar-refractivity contribution is -0.157. The first-order chi connectivity index (χ1) is 12.5. The van der Waals surface area contributed by atoms with Crippen LogP contribution in [0, 0.1) is 0 Å². The number of thiophene rings is 1. The van der Waals surface area contributed by atoms with E-state index in [-0.39, 0.29) is 11.8 Å². The van der Waals surface area contributed by atoms with Crippen molar-refractivity contribution in [1.82, 2.24) is 9.80 Å². The zero-order chi connectivity index (χ0) is 18.3. The molecular weight excluding hydrogens is 348 g/mol. The predicted octanol–water partition coefficient (Wildman–Crippen LogP) is 3.04. The molecule has 0 N–H and O–H groups in total. The monoisotopic (exact) mass is 370 g/mol. The highest BCUT2D eigenvalue weighted by Crippen LogP contribution is 2.49. The van der Waals surface area contributed by atoms with Gasteiger partial charge in [0.15, 0.2) is 6.10 Å². The van der Waals surface area contributed by atoms with Crippen molar-refractivity contribution in [2.24, 2.45) is 0 Å². The summed E-state index contributed by atoms with van der Waals surface area (Å²) >= 11 is 1.47. The van der Waals surface area contributed by atoms with Crippen molar-refractivity contribution in [2.75, 3.05) is 27.2 Å². The fraction of sp³-hybridized carbons (Fsp3) is 0.400. The number of likely N-dealkylation sites (tertiary alicyclic amines) is 1. The molecule has 5 nitrogen and oxygen atoms in total. The molecule has 26 heavy (non-hydrogen) atoms. The summed E-state index contributed by atoms with van der Waals surface area (Å²) in [4.78, 5) is 29.5. The van der Waals surface area contributed by atoms with E-state index in [1.54, 1.807) is 19.0 Å². The van der Waals surface area contributed by atoms with Gasteiger partial charge < -0.3 is 14.5 Å². The molecule has 2 aromatic rings. The third-order valence-corrected chi connectivity index (χ3v) is 6.19. The molecule has 1 aromatic carbocycles. The third-order valence-electron chi connectivity index (χ3n) is 5.33. The van der Waals surface area contributed by atoms with Gasteiger partial charge in [0.1, 0.15) is 0 Å². The molecule has 1 atom stereocenters. The van der Waals surface area contributed by atoms with Crippen molar-refractivity contribution >= 4 is 23.2 Å². The SMILES string of the molecule is CN(C)C(=O)[C@H]1OC2(CCN(C(=O)c3cccs3)CC2)c2ccccc21. The standard InChI is InChI=1S/C20H22N2O3S/c1-21(2)19(24)17-14-6-3-4-7-15(14)20(25-17)9-11-22(12-10-20)18(23)16-8-5-13-26-16/h3-8,13,17H,9-12H2,1-2H3/t17-/m0/s1. The number of carbonyl (C=O) groups is 2. The highest BCUT2D eigenvalue weighted by molar-refractivity contribution is 7.12. The van der Waals surface area contributed by atoms with Crippen molar-refractivity contribution in [3.63, 3.8) is 0 Å². The first kappa shape index (κ1) is 17.2. The van der Waals surface area contributed by atoms with Gasteiger partial charge in [-0.25, -0.2) is 0 Å². The van der Waals surface area contributed by atoms with Gasteiger partial charge in [-0.3, -0.25) is 9.59 Å². The average molecular weight is 370 g/mol. The Morgan fingerprint density at radius 3 is 2.54 bits per heavy atom. The first-order valence-corrected chi connectivity index (χ1v) is 9.71.